The largest absolute Gasteiger partial charge is 0.354 e. The summed E-state index contributed by atoms with van der Waals surface area (Å²) in [5.41, 5.74) is 0.867. The van der Waals surface area contributed by atoms with Gasteiger partial charge in [0.05, 0.1) is 4.90 Å². The van der Waals surface area contributed by atoms with Gasteiger partial charge in [-0.05, 0) is 49.1 Å². The maximum absolute atomic E-state index is 13.3. The van der Waals surface area contributed by atoms with Gasteiger partial charge < -0.3 is 10.2 Å². The number of benzene rings is 2. The van der Waals surface area contributed by atoms with Gasteiger partial charge in [-0.15, -0.1) is 0 Å². The van der Waals surface area contributed by atoms with Crippen molar-refractivity contribution in [2.75, 3.05) is 20.1 Å². The van der Waals surface area contributed by atoms with Crippen LogP contribution in [-0.2, 0) is 26.2 Å². The minimum atomic E-state index is -3.63. The molecule has 0 spiro atoms. The number of halogens is 1. The van der Waals surface area contributed by atoms with E-state index in [1.807, 2.05) is 19.1 Å². The first-order chi connectivity index (χ1) is 16.7. The number of amides is 2. The summed E-state index contributed by atoms with van der Waals surface area (Å²) in [7, 11) is -2.12. The van der Waals surface area contributed by atoms with Gasteiger partial charge in [-0.3, -0.25) is 9.59 Å². The molecule has 7 nitrogen and oxygen atoms in total. The number of unbranched alkanes of at least 4 members (excludes halogenated alkanes) is 1. The van der Waals surface area contributed by atoms with Crippen molar-refractivity contribution in [3.05, 3.63) is 65.2 Å². The fourth-order valence-electron chi connectivity index (χ4n) is 3.70. The molecule has 0 bridgehead atoms. The maximum Gasteiger partial charge on any atom is 0.242 e. The van der Waals surface area contributed by atoms with E-state index in [1.54, 1.807) is 47.4 Å². The Kier molecular flexibility index (Phi) is 11.7. The zero-order chi connectivity index (χ0) is 25.8. The van der Waals surface area contributed by atoms with Crippen LogP contribution >= 0.6 is 11.6 Å². The molecule has 0 radical (unpaired) electrons. The summed E-state index contributed by atoms with van der Waals surface area (Å²) < 4.78 is 26.8. The number of rotatable bonds is 14. The fraction of sp³-hybridized carbons (Fsp3) is 0.462. The van der Waals surface area contributed by atoms with Gasteiger partial charge in [-0.1, -0.05) is 62.2 Å². The molecule has 0 aliphatic heterocycles. The number of hydrogen-bond acceptors (Lipinski definition) is 4. The molecule has 0 fully saturated rings. The molecule has 0 saturated carbocycles. The van der Waals surface area contributed by atoms with Crippen LogP contribution in [0.25, 0.3) is 0 Å². The smallest absolute Gasteiger partial charge is 0.242 e. The van der Waals surface area contributed by atoms with Crippen LogP contribution in [0.15, 0.2) is 59.5 Å². The molecule has 2 amide bonds. The van der Waals surface area contributed by atoms with E-state index in [-0.39, 0.29) is 36.2 Å². The lowest BCUT2D eigenvalue weighted by Gasteiger charge is -2.31. The van der Waals surface area contributed by atoms with Gasteiger partial charge in [0.15, 0.2) is 0 Å². The average Bonchev–Trinajstić information content (AvgIpc) is 2.85. The molecule has 35 heavy (non-hydrogen) atoms. The second kappa shape index (κ2) is 14.2. The van der Waals surface area contributed by atoms with Gasteiger partial charge in [0.1, 0.15) is 6.04 Å². The molecule has 0 saturated heterocycles. The van der Waals surface area contributed by atoms with E-state index in [4.69, 9.17) is 11.6 Å². The van der Waals surface area contributed by atoms with Crippen molar-refractivity contribution in [3.8, 4) is 0 Å². The number of hydrogen-bond donors (Lipinski definition) is 1. The predicted octanol–water partition coefficient (Wildman–Crippen LogP) is 4.46. The Morgan fingerprint density at radius 2 is 1.66 bits per heavy atom. The first-order valence-corrected chi connectivity index (χ1v) is 13.9. The summed E-state index contributed by atoms with van der Waals surface area (Å²) in [6.45, 7) is 4.96. The molecule has 9 heteroatoms. The highest BCUT2D eigenvalue weighted by Crippen LogP contribution is 2.18. The van der Waals surface area contributed by atoms with Crippen molar-refractivity contribution in [3.63, 3.8) is 0 Å². The Morgan fingerprint density at radius 3 is 2.26 bits per heavy atom. The van der Waals surface area contributed by atoms with E-state index >= 15 is 0 Å². The summed E-state index contributed by atoms with van der Waals surface area (Å²) >= 11 is 6.00. The molecule has 2 aromatic rings. The summed E-state index contributed by atoms with van der Waals surface area (Å²) in [4.78, 5) is 28.0. The molecule has 192 valence electrons. The molecule has 0 aliphatic rings. The standard InChI is InChI=1S/C26H36ClN3O4S/c1-4-6-18-28-26(32)24(5-2)30(20-21-14-16-22(27)17-15-21)25(31)13-10-19-29(3)35(33,34)23-11-8-7-9-12-23/h7-9,11-12,14-17,24H,4-6,10,13,18-20H2,1-3H3,(H,28,32). The number of sulfonamides is 1. The van der Waals surface area contributed by atoms with E-state index in [0.29, 0.717) is 24.4 Å². The fourth-order valence-corrected chi connectivity index (χ4v) is 5.06. The van der Waals surface area contributed by atoms with Gasteiger partial charge in [0.25, 0.3) is 0 Å². The molecule has 1 N–H and O–H groups in total. The summed E-state index contributed by atoms with van der Waals surface area (Å²) in [5, 5.41) is 3.53. The molecule has 0 aromatic heterocycles. The van der Waals surface area contributed by atoms with Crippen LogP contribution in [0.2, 0.25) is 5.02 Å². The van der Waals surface area contributed by atoms with E-state index in [2.05, 4.69) is 12.2 Å². The predicted molar refractivity (Wildman–Crippen MR) is 139 cm³/mol. The SMILES string of the molecule is CCCCNC(=O)C(CC)N(Cc1ccc(Cl)cc1)C(=O)CCCN(C)S(=O)(=O)c1ccccc1. The third-order valence-corrected chi connectivity index (χ3v) is 7.92. The van der Waals surface area contributed by atoms with Crippen LogP contribution < -0.4 is 5.32 Å². The first kappa shape index (κ1) is 28.8. The second-order valence-electron chi connectivity index (χ2n) is 8.46. The van der Waals surface area contributed by atoms with Crippen molar-refractivity contribution >= 4 is 33.4 Å². The van der Waals surface area contributed by atoms with Crippen molar-refractivity contribution in [1.82, 2.24) is 14.5 Å². The summed E-state index contributed by atoms with van der Waals surface area (Å²) in [5.74, 6) is -0.366. The Morgan fingerprint density at radius 1 is 1.00 bits per heavy atom. The van der Waals surface area contributed by atoms with E-state index in [0.717, 1.165) is 18.4 Å². The summed E-state index contributed by atoms with van der Waals surface area (Å²) in [6, 6.07) is 14.8. The minimum absolute atomic E-state index is 0.126. The van der Waals surface area contributed by atoms with Crippen molar-refractivity contribution < 1.29 is 18.0 Å². The van der Waals surface area contributed by atoms with Crippen LogP contribution in [0, 0.1) is 0 Å². The Bertz CT molecular complexity index is 1050. The number of carbonyl (C=O) groups excluding carboxylic acids is 2. The number of nitrogens with zero attached hydrogens (tertiary/aromatic N) is 2. The highest BCUT2D eigenvalue weighted by atomic mass is 35.5. The summed E-state index contributed by atoms with van der Waals surface area (Å²) in [6.07, 6.45) is 2.77. The highest BCUT2D eigenvalue weighted by Gasteiger charge is 2.28. The Balaban J connectivity index is 2.10. The number of carbonyl (C=O) groups is 2. The zero-order valence-corrected chi connectivity index (χ0v) is 22.3. The van der Waals surface area contributed by atoms with E-state index in [1.165, 1.54) is 11.4 Å². The normalized spacial score (nSPS) is 12.4. The monoisotopic (exact) mass is 521 g/mol. The van der Waals surface area contributed by atoms with Gasteiger partial charge >= 0.3 is 0 Å². The molecular weight excluding hydrogens is 486 g/mol. The molecular formula is C26H36ClN3O4S. The van der Waals surface area contributed by atoms with E-state index in [9.17, 15) is 18.0 Å². The van der Waals surface area contributed by atoms with Gasteiger partial charge in [0.2, 0.25) is 21.8 Å². The van der Waals surface area contributed by atoms with Crippen LogP contribution in [0.3, 0.4) is 0 Å². The molecule has 0 heterocycles. The van der Waals surface area contributed by atoms with Crippen LogP contribution in [-0.4, -0.2) is 55.6 Å². The van der Waals surface area contributed by atoms with Crippen molar-refractivity contribution in [2.24, 2.45) is 0 Å². The van der Waals surface area contributed by atoms with Crippen molar-refractivity contribution in [2.45, 2.75) is 63.4 Å². The van der Waals surface area contributed by atoms with Crippen molar-refractivity contribution in [1.29, 1.82) is 0 Å². The Hall–Kier alpha value is -2.42. The molecule has 2 rings (SSSR count). The molecule has 1 unspecified atom stereocenters. The number of nitrogens with one attached hydrogen (secondary N) is 1. The molecule has 2 aromatic carbocycles. The van der Waals surface area contributed by atoms with E-state index < -0.39 is 16.1 Å². The van der Waals surface area contributed by atoms with Gasteiger partial charge in [0, 0.05) is 38.1 Å². The molecule has 1 atom stereocenters. The Labute approximate surface area is 214 Å². The van der Waals surface area contributed by atoms with Crippen LogP contribution in [0.1, 0.15) is 51.5 Å². The van der Waals surface area contributed by atoms with Crippen LogP contribution in [0.4, 0.5) is 0 Å². The third kappa shape index (κ3) is 8.63. The highest BCUT2D eigenvalue weighted by molar-refractivity contribution is 7.89. The topological polar surface area (TPSA) is 86.8 Å². The van der Waals surface area contributed by atoms with Gasteiger partial charge in [-0.25, -0.2) is 12.7 Å². The third-order valence-electron chi connectivity index (χ3n) is 5.80. The minimum Gasteiger partial charge on any atom is -0.354 e. The molecule has 0 aliphatic carbocycles. The zero-order valence-electron chi connectivity index (χ0n) is 20.7. The lowest BCUT2D eigenvalue weighted by Crippen LogP contribution is -2.49. The first-order valence-electron chi connectivity index (χ1n) is 12.0. The average molecular weight is 522 g/mol. The lowest BCUT2D eigenvalue weighted by molar-refractivity contribution is -0.141. The maximum atomic E-state index is 13.3. The quantitative estimate of drug-likeness (QED) is 0.372. The van der Waals surface area contributed by atoms with Crippen LogP contribution in [0.5, 0.6) is 0 Å². The lowest BCUT2D eigenvalue weighted by atomic mass is 10.1. The van der Waals surface area contributed by atoms with Gasteiger partial charge in [-0.2, -0.15) is 0 Å². The second-order valence-corrected chi connectivity index (χ2v) is 10.9.